The van der Waals surface area contributed by atoms with E-state index >= 15 is 0 Å². The number of carboxylic acid groups (broad SMARTS) is 3. The number of rotatable bonds is 4. The molecule has 0 saturated heterocycles. The highest BCUT2D eigenvalue weighted by molar-refractivity contribution is 7.57. The predicted molar refractivity (Wildman–Crippen MR) is 37.7 cm³/mol. The van der Waals surface area contributed by atoms with Gasteiger partial charge in [-0.25, -0.2) is 14.4 Å². The van der Waals surface area contributed by atoms with Gasteiger partial charge in [-0.1, -0.05) is 0 Å². The van der Waals surface area contributed by atoms with E-state index in [1.165, 1.54) is 0 Å². The van der Waals surface area contributed by atoms with Crippen LogP contribution in [-0.2, 0) is 18.9 Å². The normalized spacial score (nSPS) is 12.1. The van der Waals surface area contributed by atoms with Crippen LogP contribution in [0, 0.1) is 0 Å². The predicted octanol–water partition coefficient (Wildman–Crippen LogP) is -1.84. The number of hydrogen-bond donors (Lipinski definition) is 5. The molecular formula is C4H5O9P. The van der Waals surface area contributed by atoms with Gasteiger partial charge in [0.15, 0.2) is 0 Å². The minimum absolute atomic E-state index is 2.63. The monoisotopic (exact) mass is 228 g/mol. The van der Waals surface area contributed by atoms with Crippen molar-refractivity contribution in [1.29, 1.82) is 0 Å². The Labute approximate surface area is 75.8 Å². The van der Waals surface area contributed by atoms with Gasteiger partial charge in [-0.2, -0.15) is 0 Å². The second kappa shape index (κ2) is 3.37. The Hall–Kier alpha value is -1.44. The summed E-state index contributed by atoms with van der Waals surface area (Å²) in [6.07, 6.45) is 0. The Morgan fingerprint density at radius 1 is 0.857 bits per heavy atom. The highest BCUT2D eigenvalue weighted by Gasteiger charge is 2.68. The first-order chi connectivity index (χ1) is 6.08. The van der Waals surface area contributed by atoms with E-state index in [-0.39, 0.29) is 0 Å². The molecule has 0 unspecified atom stereocenters. The molecular weight excluding hydrogens is 223 g/mol. The van der Waals surface area contributed by atoms with Crippen LogP contribution in [0.5, 0.6) is 0 Å². The first-order valence-electron chi connectivity index (χ1n) is 2.84. The molecule has 0 saturated carbocycles. The van der Waals surface area contributed by atoms with E-state index in [1.54, 1.807) is 0 Å². The third-order valence-electron chi connectivity index (χ3n) is 1.37. The molecule has 0 bridgehead atoms. The fourth-order valence-corrected chi connectivity index (χ4v) is 1.40. The van der Waals surface area contributed by atoms with Crippen molar-refractivity contribution in [2.24, 2.45) is 0 Å². The van der Waals surface area contributed by atoms with Crippen LogP contribution in [0.4, 0.5) is 0 Å². The van der Waals surface area contributed by atoms with Crippen molar-refractivity contribution in [3.05, 3.63) is 0 Å². The van der Waals surface area contributed by atoms with Gasteiger partial charge in [0.25, 0.3) is 0 Å². The lowest BCUT2D eigenvalue weighted by molar-refractivity contribution is -0.162. The maximum atomic E-state index is 10.5. The number of carboxylic acids is 3. The minimum Gasteiger partial charge on any atom is -0.479 e. The molecule has 80 valence electrons. The molecule has 0 rings (SSSR count). The molecule has 0 aromatic carbocycles. The molecule has 0 aromatic rings. The van der Waals surface area contributed by atoms with Crippen molar-refractivity contribution in [2.75, 3.05) is 0 Å². The van der Waals surface area contributed by atoms with E-state index in [2.05, 4.69) is 0 Å². The molecule has 0 aromatic heterocycles. The number of carbonyl (C=O) groups is 3. The van der Waals surface area contributed by atoms with Gasteiger partial charge < -0.3 is 25.1 Å². The lowest BCUT2D eigenvalue weighted by Gasteiger charge is -2.20. The fraction of sp³-hybridized carbons (Fsp3) is 0.250. The molecule has 5 N–H and O–H groups in total. The average Bonchev–Trinajstić information content (AvgIpc) is 1.79. The standard InChI is InChI=1S/C4H5O9P/c5-1(6)4(2(7)8,3(9)10)14(11,12)13/h(H,5,6)(H,7,8)(H,9,10)(H2,11,12,13). The van der Waals surface area contributed by atoms with Crippen LogP contribution in [0.2, 0.25) is 0 Å². The van der Waals surface area contributed by atoms with Gasteiger partial charge in [-0.3, -0.25) is 4.57 Å². The molecule has 0 heterocycles. The van der Waals surface area contributed by atoms with Gasteiger partial charge in [-0.15, -0.1) is 0 Å². The Kier molecular flexibility index (Phi) is 3.02. The van der Waals surface area contributed by atoms with E-state index in [0.717, 1.165) is 0 Å². The van der Waals surface area contributed by atoms with E-state index in [4.69, 9.17) is 25.1 Å². The lowest BCUT2D eigenvalue weighted by atomic mass is 10.1. The van der Waals surface area contributed by atoms with Crippen molar-refractivity contribution >= 4 is 25.5 Å². The summed E-state index contributed by atoms with van der Waals surface area (Å²) in [5.74, 6) is -7.90. The third kappa shape index (κ3) is 1.48. The van der Waals surface area contributed by atoms with Gasteiger partial charge >= 0.3 is 30.7 Å². The second-order valence-corrected chi connectivity index (χ2v) is 3.93. The molecule has 9 nitrogen and oxygen atoms in total. The van der Waals surface area contributed by atoms with Crippen LogP contribution in [-0.4, -0.2) is 48.2 Å². The van der Waals surface area contributed by atoms with Crippen molar-refractivity contribution in [2.45, 2.75) is 5.16 Å². The minimum atomic E-state index is -5.87. The first kappa shape index (κ1) is 12.6. The Morgan fingerprint density at radius 2 is 1.07 bits per heavy atom. The lowest BCUT2D eigenvalue weighted by Crippen LogP contribution is -2.53. The zero-order chi connectivity index (χ0) is 11.7. The molecule has 0 aliphatic rings. The highest BCUT2D eigenvalue weighted by Crippen LogP contribution is 2.51. The molecule has 14 heavy (non-hydrogen) atoms. The molecule has 0 fully saturated rings. The average molecular weight is 228 g/mol. The van der Waals surface area contributed by atoms with Gasteiger partial charge in [-0.05, 0) is 0 Å². The summed E-state index contributed by atoms with van der Waals surface area (Å²) < 4.78 is 10.5. The van der Waals surface area contributed by atoms with Crippen LogP contribution in [0.25, 0.3) is 0 Å². The van der Waals surface area contributed by atoms with E-state index < -0.39 is 30.7 Å². The SMILES string of the molecule is O=C(O)C(C(=O)O)(C(=O)O)P(=O)(O)O. The maximum Gasteiger partial charge on any atom is 0.366 e. The molecule has 0 aliphatic heterocycles. The van der Waals surface area contributed by atoms with E-state index in [1.807, 2.05) is 0 Å². The summed E-state index contributed by atoms with van der Waals surface area (Å²) in [6.45, 7) is 0. The van der Waals surface area contributed by atoms with Crippen LogP contribution in [0.1, 0.15) is 0 Å². The smallest absolute Gasteiger partial charge is 0.366 e. The Morgan fingerprint density at radius 3 is 1.07 bits per heavy atom. The molecule has 0 atom stereocenters. The zero-order valence-electron chi connectivity index (χ0n) is 6.32. The summed E-state index contributed by atoms with van der Waals surface area (Å²) in [6, 6.07) is 0. The first-order valence-corrected chi connectivity index (χ1v) is 4.45. The van der Waals surface area contributed by atoms with Crippen LogP contribution < -0.4 is 0 Å². The third-order valence-corrected chi connectivity index (χ3v) is 2.81. The summed E-state index contributed by atoms with van der Waals surface area (Å²) in [7, 11) is -5.87. The maximum absolute atomic E-state index is 10.5. The topological polar surface area (TPSA) is 169 Å². The van der Waals surface area contributed by atoms with Crippen LogP contribution >= 0.6 is 7.60 Å². The van der Waals surface area contributed by atoms with Gasteiger partial charge in [0, 0.05) is 0 Å². The summed E-state index contributed by atoms with van der Waals surface area (Å²) in [4.78, 5) is 47.7. The van der Waals surface area contributed by atoms with Crippen LogP contribution in [0.3, 0.4) is 0 Å². The second-order valence-electron chi connectivity index (χ2n) is 2.17. The largest absolute Gasteiger partial charge is 0.479 e. The highest BCUT2D eigenvalue weighted by atomic mass is 31.2. The van der Waals surface area contributed by atoms with E-state index in [9.17, 15) is 18.9 Å². The van der Waals surface area contributed by atoms with Crippen molar-refractivity contribution < 1.29 is 44.1 Å². The molecule has 0 aliphatic carbocycles. The molecule has 0 amide bonds. The Bertz CT molecular complexity index is 301. The molecule has 10 heteroatoms. The summed E-state index contributed by atoms with van der Waals surface area (Å²) in [5.41, 5.74) is 0. The molecule has 0 spiro atoms. The van der Waals surface area contributed by atoms with E-state index in [0.29, 0.717) is 0 Å². The number of hydrogen-bond acceptors (Lipinski definition) is 4. The Balaban J connectivity index is 5.93. The zero-order valence-corrected chi connectivity index (χ0v) is 7.21. The number of aliphatic carboxylic acids is 3. The van der Waals surface area contributed by atoms with Crippen molar-refractivity contribution in [3.63, 3.8) is 0 Å². The van der Waals surface area contributed by atoms with Gasteiger partial charge in [0.05, 0.1) is 0 Å². The summed E-state index contributed by atoms with van der Waals surface area (Å²) in [5, 5.41) is 20.6. The van der Waals surface area contributed by atoms with Crippen molar-refractivity contribution in [3.8, 4) is 0 Å². The van der Waals surface area contributed by atoms with Gasteiger partial charge in [0.2, 0.25) is 0 Å². The fourth-order valence-electron chi connectivity index (χ4n) is 0.648. The van der Waals surface area contributed by atoms with Crippen LogP contribution in [0.15, 0.2) is 0 Å². The van der Waals surface area contributed by atoms with Gasteiger partial charge in [0.1, 0.15) is 0 Å². The molecule has 0 radical (unpaired) electrons. The quantitative estimate of drug-likeness (QED) is 0.274. The van der Waals surface area contributed by atoms with Crippen molar-refractivity contribution in [1.82, 2.24) is 0 Å². The summed E-state index contributed by atoms with van der Waals surface area (Å²) >= 11 is 0.